The summed E-state index contributed by atoms with van der Waals surface area (Å²) in [5.41, 5.74) is 1.52. The molecule has 164 valence electrons. The highest BCUT2D eigenvalue weighted by Crippen LogP contribution is 2.35. The number of thiazole rings is 1. The van der Waals surface area contributed by atoms with Crippen LogP contribution in [0.15, 0.2) is 47.4 Å². The fourth-order valence-corrected chi connectivity index (χ4v) is 5.72. The lowest BCUT2D eigenvalue weighted by molar-refractivity contribution is -0.119. The van der Waals surface area contributed by atoms with Gasteiger partial charge < -0.3 is 4.74 Å². The van der Waals surface area contributed by atoms with Gasteiger partial charge in [0.05, 0.1) is 34.0 Å². The number of benzene rings is 2. The number of carbonyl (C=O) groups is 3. The van der Waals surface area contributed by atoms with Crippen LogP contribution in [-0.2, 0) is 9.53 Å². The maximum Gasteiger partial charge on any atom is 0.262 e. The predicted molar refractivity (Wildman–Crippen MR) is 125 cm³/mol. The van der Waals surface area contributed by atoms with E-state index in [0.717, 1.165) is 32.9 Å². The van der Waals surface area contributed by atoms with Gasteiger partial charge in [0, 0.05) is 11.5 Å². The van der Waals surface area contributed by atoms with Crippen molar-refractivity contribution in [3.8, 4) is 0 Å². The SMILES string of the molecule is CSc1cccc2sc(N(CC3CCCO3)C(=O)CN3C(=O)c4ccccc4C3=O)nc12. The quantitative estimate of drug-likeness (QED) is 0.405. The number of para-hydroxylation sites is 1. The molecular formula is C23H21N3O4S2. The van der Waals surface area contributed by atoms with Crippen LogP contribution in [0, 0.1) is 0 Å². The zero-order chi connectivity index (χ0) is 22.2. The standard InChI is InChI=1S/C23H21N3O4S2/c1-31-17-9-4-10-18-20(17)24-23(32-18)25(12-14-6-5-11-30-14)19(27)13-26-21(28)15-7-2-3-8-16(15)22(26)29/h2-4,7-10,14H,5-6,11-13H2,1H3. The van der Waals surface area contributed by atoms with E-state index in [1.165, 1.54) is 11.3 Å². The van der Waals surface area contributed by atoms with E-state index < -0.39 is 11.8 Å². The van der Waals surface area contributed by atoms with E-state index in [1.807, 2.05) is 24.5 Å². The molecule has 7 nitrogen and oxygen atoms in total. The highest BCUT2D eigenvalue weighted by Gasteiger charge is 2.38. The molecule has 0 bridgehead atoms. The summed E-state index contributed by atoms with van der Waals surface area (Å²) in [6.07, 6.45) is 3.71. The summed E-state index contributed by atoms with van der Waals surface area (Å²) >= 11 is 3.03. The van der Waals surface area contributed by atoms with Crippen molar-refractivity contribution in [3.05, 3.63) is 53.6 Å². The molecule has 3 heterocycles. The number of nitrogens with zero attached hydrogens (tertiary/aromatic N) is 3. The van der Waals surface area contributed by atoms with Gasteiger partial charge in [-0.1, -0.05) is 29.5 Å². The molecule has 1 aromatic heterocycles. The molecule has 3 aromatic rings. The lowest BCUT2D eigenvalue weighted by Crippen LogP contribution is -2.45. The smallest absolute Gasteiger partial charge is 0.262 e. The molecule has 2 aliphatic heterocycles. The Balaban J connectivity index is 1.45. The van der Waals surface area contributed by atoms with Gasteiger partial charge in [-0.2, -0.15) is 0 Å². The van der Waals surface area contributed by atoms with E-state index in [1.54, 1.807) is 40.9 Å². The minimum absolute atomic E-state index is 0.0897. The largest absolute Gasteiger partial charge is 0.376 e. The van der Waals surface area contributed by atoms with Gasteiger partial charge in [-0.25, -0.2) is 4.98 Å². The topological polar surface area (TPSA) is 79.8 Å². The number of thioether (sulfide) groups is 1. The number of hydrogen-bond donors (Lipinski definition) is 0. The Hall–Kier alpha value is -2.75. The summed E-state index contributed by atoms with van der Waals surface area (Å²) in [7, 11) is 0. The van der Waals surface area contributed by atoms with Gasteiger partial charge in [0.1, 0.15) is 6.54 Å². The molecular weight excluding hydrogens is 446 g/mol. The van der Waals surface area contributed by atoms with Crippen molar-refractivity contribution in [2.75, 3.05) is 30.9 Å². The number of aromatic nitrogens is 1. The molecule has 0 N–H and O–H groups in total. The molecule has 9 heteroatoms. The van der Waals surface area contributed by atoms with Crippen LogP contribution in [0.2, 0.25) is 0 Å². The molecule has 5 rings (SSSR count). The molecule has 0 spiro atoms. The minimum atomic E-state index is -0.440. The van der Waals surface area contributed by atoms with Crippen LogP contribution in [0.25, 0.3) is 10.2 Å². The molecule has 3 amide bonds. The van der Waals surface area contributed by atoms with Crippen molar-refractivity contribution in [1.29, 1.82) is 0 Å². The predicted octanol–water partition coefficient (Wildman–Crippen LogP) is 3.83. The molecule has 0 aliphatic carbocycles. The van der Waals surface area contributed by atoms with Crippen LogP contribution in [0.3, 0.4) is 0 Å². The first-order valence-electron chi connectivity index (χ1n) is 10.4. The first kappa shape index (κ1) is 21.1. The Bertz CT molecular complexity index is 1180. The molecule has 0 radical (unpaired) electrons. The van der Waals surface area contributed by atoms with Crippen LogP contribution in [-0.4, -0.2) is 59.7 Å². The first-order valence-corrected chi connectivity index (χ1v) is 12.4. The highest BCUT2D eigenvalue weighted by atomic mass is 32.2. The Morgan fingerprint density at radius 1 is 1.19 bits per heavy atom. The van der Waals surface area contributed by atoms with Gasteiger partial charge in [-0.3, -0.25) is 24.2 Å². The molecule has 0 saturated carbocycles. The second-order valence-electron chi connectivity index (χ2n) is 7.68. The summed E-state index contributed by atoms with van der Waals surface area (Å²) in [4.78, 5) is 47.4. The lowest BCUT2D eigenvalue weighted by atomic mass is 10.1. The zero-order valence-electron chi connectivity index (χ0n) is 17.4. The number of imide groups is 1. The number of fused-ring (bicyclic) bond motifs is 2. The lowest BCUT2D eigenvalue weighted by Gasteiger charge is -2.25. The van der Waals surface area contributed by atoms with Crippen molar-refractivity contribution in [2.45, 2.75) is 23.8 Å². The summed E-state index contributed by atoms with van der Waals surface area (Å²) < 4.78 is 6.75. The van der Waals surface area contributed by atoms with Gasteiger partial charge >= 0.3 is 0 Å². The van der Waals surface area contributed by atoms with E-state index in [2.05, 4.69) is 0 Å². The van der Waals surface area contributed by atoms with E-state index in [4.69, 9.17) is 9.72 Å². The van der Waals surface area contributed by atoms with Crippen LogP contribution >= 0.6 is 23.1 Å². The van der Waals surface area contributed by atoms with Gasteiger partial charge in [0.25, 0.3) is 11.8 Å². The van der Waals surface area contributed by atoms with Crippen molar-refractivity contribution in [2.24, 2.45) is 0 Å². The Kier molecular flexibility index (Phi) is 5.71. The molecule has 32 heavy (non-hydrogen) atoms. The fourth-order valence-electron chi connectivity index (χ4n) is 4.07. The van der Waals surface area contributed by atoms with Gasteiger partial charge in [0.15, 0.2) is 5.13 Å². The van der Waals surface area contributed by atoms with E-state index >= 15 is 0 Å². The average Bonchev–Trinajstić information content (AvgIpc) is 3.53. The Labute approximate surface area is 193 Å². The first-order chi connectivity index (χ1) is 15.6. The third-order valence-corrected chi connectivity index (χ3v) is 7.52. The maximum atomic E-state index is 13.4. The van der Waals surface area contributed by atoms with Gasteiger partial charge in [0.2, 0.25) is 5.91 Å². The van der Waals surface area contributed by atoms with E-state index in [-0.39, 0.29) is 18.6 Å². The summed E-state index contributed by atoms with van der Waals surface area (Å²) in [6, 6.07) is 12.6. The Morgan fingerprint density at radius 2 is 1.94 bits per heavy atom. The van der Waals surface area contributed by atoms with E-state index in [9.17, 15) is 14.4 Å². The molecule has 1 fully saturated rings. The monoisotopic (exact) mass is 467 g/mol. The number of amides is 3. The third-order valence-electron chi connectivity index (χ3n) is 5.70. The van der Waals surface area contributed by atoms with Crippen molar-refractivity contribution in [3.63, 3.8) is 0 Å². The number of anilines is 1. The van der Waals surface area contributed by atoms with E-state index in [0.29, 0.717) is 29.4 Å². The molecule has 2 aromatic carbocycles. The number of hydrogen-bond acceptors (Lipinski definition) is 7. The number of ether oxygens (including phenoxy) is 1. The fraction of sp³-hybridized carbons (Fsp3) is 0.304. The van der Waals surface area contributed by atoms with Gasteiger partial charge in [-0.05, 0) is 43.4 Å². The molecule has 1 unspecified atom stereocenters. The summed E-state index contributed by atoms with van der Waals surface area (Å²) in [5, 5.41) is 0.554. The Morgan fingerprint density at radius 3 is 2.59 bits per heavy atom. The zero-order valence-corrected chi connectivity index (χ0v) is 19.1. The van der Waals surface area contributed by atoms with Crippen molar-refractivity contribution >= 4 is 56.2 Å². The third kappa shape index (κ3) is 3.70. The van der Waals surface area contributed by atoms with Crippen molar-refractivity contribution in [1.82, 2.24) is 9.88 Å². The van der Waals surface area contributed by atoms with Crippen LogP contribution in [0.4, 0.5) is 5.13 Å². The molecule has 1 atom stereocenters. The highest BCUT2D eigenvalue weighted by molar-refractivity contribution is 7.98. The second-order valence-corrected chi connectivity index (χ2v) is 9.54. The second kappa shape index (κ2) is 8.65. The number of rotatable bonds is 6. The molecule has 2 aliphatic rings. The van der Waals surface area contributed by atoms with Gasteiger partial charge in [-0.15, -0.1) is 11.8 Å². The maximum absolute atomic E-state index is 13.4. The minimum Gasteiger partial charge on any atom is -0.376 e. The van der Waals surface area contributed by atoms with Crippen LogP contribution in [0.5, 0.6) is 0 Å². The van der Waals surface area contributed by atoms with Crippen LogP contribution in [0.1, 0.15) is 33.6 Å². The van der Waals surface area contributed by atoms with Crippen molar-refractivity contribution < 1.29 is 19.1 Å². The number of carbonyl (C=O) groups excluding carboxylic acids is 3. The summed E-state index contributed by atoms with van der Waals surface area (Å²) in [6.45, 7) is 0.683. The average molecular weight is 468 g/mol. The summed E-state index contributed by atoms with van der Waals surface area (Å²) in [5.74, 6) is -1.23. The normalized spacial score (nSPS) is 17.9. The van der Waals surface area contributed by atoms with Crippen LogP contribution < -0.4 is 4.90 Å². The molecule has 1 saturated heterocycles.